The number of ether oxygens (including phenoxy) is 3. The largest absolute Gasteiger partial charge is 0.493 e. The van der Waals surface area contributed by atoms with Crippen LogP contribution in [0.25, 0.3) is 11.1 Å². The van der Waals surface area contributed by atoms with Crippen molar-refractivity contribution in [3.8, 4) is 11.5 Å². The number of carbonyl (C=O) groups is 1. The fourth-order valence-corrected chi connectivity index (χ4v) is 3.20. The van der Waals surface area contributed by atoms with Gasteiger partial charge in [0.15, 0.2) is 0 Å². The predicted octanol–water partition coefficient (Wildman–Crippen LogP) is 5.95. The van der Waals surface area contributed by atoms with Crippen molar-refractivity contribution in [2.75, 3.05) is 13.2 Å². The lowest BCUT2D eigenvalue weighted by Gasteiger charge is -2.33. The van der Waals surface area contributed by atoms with Gasteiger partial charge in [0, 0.05) is 22.8 Å². The molecule has 1 aliphatic heterocycles. The van der Waals surface area contributed by atoms with Crippen molar-refractivity contribution in [2.45, 2.75) is 60.5 Å². The Hall–Kier alpha value is -2.30. The fraction of sp³-hybridized carbons (Fsp3) is 0.522. The van der Waals surface area contributed by atoms with Gasteiger partial charge in [-0.15, -0.1) is 0 Å². The summed E-state index contributed by atoms with van der Waals surface area (Å²) < 4.78 is 31.5. The van der Waals surface area contributed by atoms with Crippen LogP contribution in [0.4, 0.5) is 4.39 Å². The van der Waals surface area contributed by atoms with E-state index in [9.17, 15) is 9.18 Å². The molecule has 1 aliphatic rings. The Morgan fingerprint density at radius 2 is 1.93 bits per heavy atom. The molecule has 0 amide bonds. The summed E-state index contributed by atoms with van der Waals surface area (Å²) in [4.78, 5) is 11.9. The average Bonchev–Trinajstić information content (AvgIpc) is 2.63. The summed E-state index contributed by atoms with van der Waals surface area (Å²) >= 11 is 0. The van der Waals surface area contributed by atoms with E-state index in [1.165, 1.54) is 0 Å². The highest BCUT2D eigenvalue weighted by Gasteiger charge is 2.30. The fourth-order valence-electron chi connectivity index (χ4n) is 3.20. The molecule has 1 aromatic carbocycles. The van der Waals surface area contributed by atoms with E-state index in [2.05, 4.69) is 19.9 Å². The molecule has 0 saturated heterocycles. The van der Waals surface area contributed by atoms with Crippen LogP contribution < -0.4 is 9.47 Å². The molecular weight excluding hydrogens is 359 g/mol. The zero-order chi connectivity index (χ0) is 21.1. The molecule has 0 radical (unpaired) electrons. The first-order valence-electron chi connectivity index (χ1n) is 9.88. The van der Waals surface area contributed by atoms with Crippen LogP contribution in [0.1, 0.15) is 66.0 Å². The van der Waals surface area contributed by atoms with Crippen molar-refractivity contribution in [3.05, 3.63) is 35.2 Å². The van der Waals surface area contributed by atoms with Crippen LogP contribution in [0.15, 0.2) is 24.0 Å². The van der Waals surface area contributed by atoms with E-state index in [1.807, 2.05) is 26.8 Å². The lowest BCUT2D eigenvalue weighted by atomic mass is 9.86. The lowest BCUT2D eigenvalue weighted by molar-refractivity contribution is -0.140. The standard InChI is InChI=1S/C23H31FO4/c1-8-10-27-19-12-20-17(18(14(3)4)13-23(6,7)28-20)11-16(19)15(5)21(24)22(25)26-9-2/h11-14H,8-10H2,1-7H3. The summed E-state index contributed by atoms with van der Waals surface area (Å²) in [6, 6.07) is 3.66. The summed E-state index contributed by atoms with van der Waals surface area (Å²) in [6.45, 7) is 14.0. The van der Waals surface area contributed by atoms with Crippen molar-refractivity contribution in [3.63, 3.8) is 0 Å². The van der Waals surface area contributed by atoms with E-state index in [-0.39, 0.29) is 18.1 Å². The minimum absolute atomic E-state index is 0.117. The molecule has 0 spiro atoms. The number of benzene rings is 1. The molecule has 0 N–H and O–H groups in total. The van der Waals surface area contributed by atoms with Crippen molar-refractivity contribution < 1.29 is 23.4 Å². The number of esters is 1. The minimum atomic E-state index is -0.962. The first-order chi connectivity index (χ1) is 13.1. The summed E-state index contributed by atoms with van der Waals surface area (Å²) in [5.74, 6) is -0.406. The molecule has 1 heterocycles. The molecule has 28 heavy (non-hydrogen) atoms. The van der Waals surface area contributed by atoms with Crippen LogP contribution in [0.3, 0.4) is 0 Å². The Labute approximate surface area is 167 Å². The molecule has 0 aromatic heterocycles. The number of halogens is 1. The number of rotatable bonds is 7. The van der Waals surface area contributed by atoms with Crippen molar-refractivity contribution in [1.82, 2.24) is 0 Å². The van der Waals surface area contributed by atoms with Crippen LogP contribution in [0.2, 0.25) is 0 Å². The van der Waals surface area contributed by atoms with Gasteiger partial charge < -0.3 is 14.2 Å². The van der Waals surface area contributed by atoms with Crippen molar-refractivity contribution >= 4 is 17.1 Å². The Kier molecular flexibility index (Phi) is 6.91. The number of hydrogen-bond donors (Lipinski definition) is 0. The third kappa shape index (κ3) is 4.75. The third-order valence-electron chi connectivity index (χ3n) is 4.54. The Bertz CT molecular complexity index is 803. The van der Waals surface area contributed by atoms with Gasteiger partial charge in [-0.2, -0.15) is 4.39 Å². The van der Waals surface area contributed by atoms with Gasteiger partial charge in [0.05, 0.1) is 13.2 Å². The zero-order valence-corrected chi connectivity index (χ0v) is 17.9. The Morgan fingerprint density at radius 1 is 1.25 bits per heavy atom. The maximum absolute atomic E-state index is 14.7. The van der Waals surface area contributed by atoms with Gasteiger partial charge in [0.2, 0.25) is 5.83 Å². The van der Waals surface area contributed by atoms with E-state index in [0.717, 1.165) is 17.6 Å². The van der Waals surface area contributed by atoms with Gasteiger partial charge in [0.1, 0.15) is 17.1 Å². The molecule has 154 valence electrons. The van der Waals surface area contributed by atoms with Gasteiger partial charge in [0.25, 0.3) is 0 Å². The van der Waals surface area contributed by atoms with Crippen LogP contribution in [-0.4, -0.2) is 24.8 Å². The molecule has 2 rings (SSSR count). The number of fused-ring (bicyclic) bond motifs is 1. The molecule has 0 atom stereocenters. The summed E-state index contributed by atoms with van der Waals surface area (Å²) in [7, 11) is 0. The van der Waals surface area contributed by atoms with Crippen LogP contribution in [-0.2, 0) is 9.53 Å². The molecule has 5 heteroatoms. The molecule has 0 fully saturated rings. The van der Waals surface area contributed by atoms with E-state index in [4.69, 9.17) is 14.2 Å². The summed E-state index contributed by atoms with van der Waals surface area (Å²) in [5, 5.41) is 0. The topological polar surface area (TPSA) is 44.8 Å². The highest BCUT2D eigenvalue weighted by atomic mass is 19.1. The van der Waals surface area contributed by atoms with Crippen LogP contribution in [0.5, 0.6) is 11.5 Å². The monoisotopic (exact) mass is 390 g/mol. The van der Waals surface area contributed by atoms with Gasteiger partial charge >= 0.3 is 5.97 Å². The van der Waals surface area contributed by atoms with Gasteiger partial charge in [-0.05, 0) is 57.7 Å². The highest BCUT2D eigenvalue weighted by molar-refractivity contribution is 5.96. The van der Waals surface area contributed by atoms with E-state index >= 15 is 0 Å². The molecule has 0 saturated carbocycles. The van der Waals surface area contributed by atoms with Gasteiger partial charge in [-0.25, -0.2) is 4.79 Å². The third-order valence-corrected chi connectivity index (χ3v) is 4.54. The maximum Gasteiger partial charge on any atom is 0.367 e. The van der Waals surface area contributed by atoms with Crippen LogP contribution in [0, 0.1) is 5.92 Å². The SMILES string of the molecule is CCCOc1cc2c(cc1C(C)=C(F)C(=O)OCC)C(C(C)C)=CC(C)(C)O2. The summed E-state index contributed by atoms with van der Waals surface area (Å²) in [6.07, 6.45) is 2.90. The second-order valence-electron chi connectivity index (χ2n) is 7.81. The van der Waals surface area contributed by atoms with E-state index in [0.29, 0.717) is 23.7 Å². The van der Waals surface area contributed by atoms with E-state index < -0.39 is 17.4 Å². The number of carbonyl (C=O) groups excluding carboxylic acids is 1. The zero-order valence-electron chi connectivity index (χ0n) is 17.9. The normalized spacial score (nSPS) is 16.0. The molecule has 4 nitrogen and oxygen atoms in total. The minimum Gasteiger partial charge on any atom is -0.493 e. The molecule has 0 unspecified atom stereocenters. The smallest absolute Gasteiger partial charge is 0.367 e. The first-order valence-corrected chi connectivity index (χ1v) is 9.88. The average molecular weight is 390 g/mol. The maximum atomic E-state index is 14.7. The van der Waals surface area contributed by atoms with Gasteiger partial charge in [-0.3, -0.25) is 0 Å². The van der Waals surface area contributed by atoms with Crippen molar-refractivity contribution in [1.29, 1.82) is 0 Å². The Balaban J connectivity index is 2.67. The second-order valence-corrected chi connectivity index (χ2v) is 7.81. The van der Waals surface area contributed by atoms with Crippen molar-refractivity contribution in [2.24, 2.45) is 5.92 Å². The molecule has 0 aliphatic carbocycles. The summed E-state index contributed by atoms with van der Waals surface area (Å²) in [5.41, 5.74) is 2.30. The van der Waals surface area contributed by atoms with Gasteiger partial charge in [-0.1, -0.05) is 20.8 Å². The molecule has 0 bridgehead atoms. The highest BCUT2D eigenvalue weighted by Crippen LogP contribution is 2.44. The molecule has 1 aromatic rings. The predicted molar refractivity (Wildman–Crippen MR) is 110 cm³/mol. The Morgan fingerprint density at radius 3 is 2.50 bits per heavy atom. The first kappa shape index (κ1) is 22.0. The van der Waals surface area contributed by atoms with Crippen LogP contribution >= 0.6 is 0 Å². The number of hydrogen-bond acceptors (Lipinski definition) is 4. The van der Waals surface area contributed by atoms with E-state index in [1.54, 1.807) is 19.9 Å². The molecular formula is C23H31FO4. The second kappa shape index (κ2) is 8.80. The lowest BCUT2D eigenvalue weighted by Crippen LogP contribution is -2.30. The quantitative estimate of drug-likeness (QED) is 0.426. The number of allylic oxidation sites excluding steroid dienone is 2.